The summed E-state index contributed by atoms with van der Waals surface area (Å²) < 4.78 is 0. The highest BCUT2D eigenvalue weighted by Gasteiger charge is 2.03. The molecule has 0 aromatic rings. The minimum Gasteiger partial charge on any atom is -0.291 e. The number of thiol groups is 1. The molecule has 80 valence electrons. The molecular weight excluding hydrogens is 236 g/mol. The number of carbonyl (C=O) groups is 2. The van der Waals surface area contributed by atoms with Gasteiger partial charge in [-0.3, -0.25) is 9.59 Å². The van der Waals surface area contributed by atoms with Gasteiger partial charge >= 0.3 is 0 Å². The molecule has 2 nitrogen and oxygen atoms in total. The van der Waals surface area contributed by atoms with E-state index in [0.717, 1.165) is 30.0 Å². The van der Waals surface area contributed by atoms with Crippen molar-refractivity contribution in [3.8, 4) is 0 Å². The fraction of sp³-hybridized carbons (Fsp3) is 0.556. The molecule has 0 spiro atoms. The van der Waals surface area contributed by atoms with Gasteiger partial charge in [0.15, 0.2) is 5.62 Å². The number of hydrogen-bond acceptors (Lipinski definition) is 5. The van der Waals surface area contributed by atoms with Crippen molar-refractivity contribution >= 4 is 46.9 Å². The molecule has 0 saturated carbocycles. The molecular formula is C9H14O2S3. The fourth-order valence-electron chi connectivity index (χ4n) is 0.784. The monoisotopic (exact) mass is 250 g/mol. The van der Waals surface area contributed by atoms with E-state index in [1.165, 1.54) is 29.6 Å². The van der Waals surface area contributed by atoms with Crippen LogP contribution in [0, 0.1) is 0 Å². The quantitative estimate of drug-likeness (QED) is 0.310. The molecule has 5 heteroatoms. The van der Waals surface area contributed by atoms with E-state index in [-0.39, 0.29) is 10.4 Å². The van der Waals surface area contributed by atoms with Crippen LogP contribution in [0.25, 0.3) is 0 Å². The van der Waals surface area contributed by atoms with Crippen LogP contribution in [-0.2, 0) is 9.59 Å². The maximum atomic E-state index is 10.8. The van der Waals surface area contributed by atoms with Gasteiger partial charge in [0, 0.05) is 16.8 Å². The van der Waals surface area contributed by atoms with Gasteiger partial charge in [0.25, 0.3) is 0 Å². The summed E-state index contributed by atoms with van der Waals surface area (Å²) in [4.78, 5) is 20.8. The first-order valence-corrected chi connectivity index (χ1v) is 6.78. The van der Waals surface area contributed by atoms with Crippen molar-refractivity contribution in [2.45, 2.75) is 18.1 Å². The minimum atomic E-state index is 0.0166. The van der Waals surface area contributed by atoms with Crippen molar-refractivity contribution in [1.82, 2.24) is 0 Å². The van der Waals surface area contributed by atoms with Gasteiger partial charge < -0.3 is 0 Å². The molecule has 0 aliphatic rings. The molecule has 0 amide bonds. The lowest BCUT2D eigenvalue weighted by atomic mass is 10.3. The van der Waals surface area contributed by atoms with Crippen LogP contribution >= 0.6 is 36.2 Å². The van der Waals surface area contributed by atoms with Crippen molar-refractivity contribution < 1.29 is 9.59 Å². The Hall–Kier alpha value is 0.130. The lowest BCUT2D eigenvalue weighted by Gasteiger charge is -2.06. The van der Waals surface area contributed by atoms with Gasteiger partial charge in [0.2, 0.25) is 5.12 Å². The van der Waals surface area contributed by atoms with Gasteiger partial charge in [0.1, 0.15) is 0 Å². The Balaban J connectivity index is 3.30. The third-order valence-electron chi connectivity index (χ3n) is 1.45. The van der Waals surface area contributed by atoms with E-state index < -0.39 is 0 Å². The second-order valence-corrected chi connectivity index (χ2v) is 5.29. The summed E-state index contributed by atoms with van der Waals surface area (Å²) in [7, 11) is 0. The van der Waals surface area contributed by atoms with Crippen molar-refractivity contribution in [3.63, 3.8) is 0 Å². The van der Waals surface area contributed by atoms with E-state index >= 15 is 0 Å². The second-order valence-electron chi connectivity index (χ2n) is 2.60. The van der Waals surface area contributed by atoms with Crippen LogP contribution in [0.1, 0.15) is 12.8 Å². The Labute approximate surface area is 98.7 Å². The Morgan fingerprint density at radius 3 is 2.86 bits per heavy atom. The molecule has 0 N–H and O–H groups in total. The Bertz CT molecular complexity index is 194. The van der Waals surface area contributed by atoms with Gasteiger partial charge in [-0.2, -0.15) is 12.6 Å². The Morgan fingerprint density at radius 1 is 1.57 bits per heavy atom. The predicted octanol–water partition coefficient (Wildman–Crippen LogP) is 2.43. The highest BCUT2D eigenvalue weighted by molar-refractivity contribution is 8.14. The average Bonchev–Trinajstić information content (AvgIpc) is 2.21. The number of thioether (sulfide) groups is 2. The molecule has 0 radical (unpaired) electrons. The normalized spacial score (nSPS) is 12.1. The van der Waals surface area contributed by atoms with Gasteiger partial charge in [-0.25, -0.2) is 0 Å². The zero-order valence-electron chi connectivity index (χ0n) is 7.85. The predicted molar refractivity (Wildman–Crippen MR) is 68.9 cm³/mol. The number of hydrogen-bond donors (Lipinski definition) is 1. The summed E-state index contributed by atoms with van der Waals surface area (Å²) in [6, 6.07) is 0. The minimum absolute atomic E-state index is 0.0166. The van der Waals surface area contributed by atoms with Crippen molar-refractivity contribution in [2.24, 2.45) is 0 Å². The van der Waals surface area contributed by atoms with E-state index in [1.807, 2.05) is 0 Å². The molecule has 1 unspecified atom stereocenters. The summed E-state index contributed by atoms with van der Waals surface area (Å²) in [6.45, 7) is 3.39. The van der Waals surface area contributed by atoms with Crippen molar-refractivity contribution in [3.05, 3.63) is 12.7 Å². The van der Waals surface area contributed by atoms with E-state index in [9.17, 15) is 9.59 Å². The fourth-order valence-corrected chi connectivity index (χ4v) is 2.32. The van der Waals surface area contributed by atoms with Gasteiger partial charge in [-0.05, 0) is 18.9 Å². The number of rotatable bonds is 8. The number of carbonyl (C=O) groups excluding carboxylic acids is 2. The molecule has 0 aromatic carbocycles. The van der Waals surface area contributed by atoms with E-state index in [1.54, 1.807) is 0 Å². The van der Waals surface area contributed by atoms with Crippen molar-refractivity contribution in [1.29, 1.82) is 0 Å². The molecule has 0 fully saturated rings. The zero-order valence-corrected chi connectivity index (χ0v) is 10.4. The summed E-state index contributed by atoms with van der Waals surface area (Å²) in [5.41, 5.74) is 0.833. The zero-order chi connectivity index (χ0) is 10.8. The third kappa shape index (κ3) is 8.72. The van der Waals surface area contributed by atoms with Crippen LogP contribution in [0.5, 0.6) is 0 Å². The average molecular weight is 250 g/mol. The molecule has 0 heterocycles. The Morgan fingerprint density at radius 2 is 2.29 bits per heavy atom. The highest BCUT2D eigenvalue weighted by Crippen LogP contribution is 2.14. The molecule has 14 heavy (non-hydrogen) atoms. The van der Waals surface area contributed by atoms with Gasteiger partial charge in [0.05, 0.1) is 0 Å². The molecule has 0 bridgehead atoms. The van der Waals surface area contributed by atoms with Crippen LogP contribution in [0.15, 0.2) is 12.7 Å². The molecule has 0 aromatic heterocycles. The lowest BCUT2D eigenvalue weighted by molar-refractivity contribution is -0.107. The first kappa shape index (κ1) is 14.1. The van der Waals surface area contributed by atoms with Gasteiger partial charge in [-0.1, -0.05) is 30.1 Å². The maximum absolute atomic E-state index is 10.8. The SMILES string of the molecule is C=CC(=O)SCCCC(S)CSC=O. The van der Waals surface area contributed by atoms with E-state index in [4.69, 9.17) is 0 Å². The van der Waals surface area contributed by atoms with Crippen LogP contribution in [0.2, 0.25) is 0 Å². The van der Waals surface area contributed by atoms with E-state index in [0.29, 0.717) is 0 Å². The molecule has 0 aliphatic heterocycles. The van der Waals surface area contributed by atoms with Crippen LogP contribution in [-0.4, -0.2) is 27.5 Å². The Kier molecular flexibility index (Phi) is 9.77. The highest BCUT2D eigenvalue weighted by atomic mass is 32.2. The molecule has 0 saturated heterocycles. The summed E-state index contributed by atoms with van der Waals surface area (Å²) in [6.07, 6.45) is 3.20. The van der Waals surface area contributed by atoms with E-state index in [2.05, 4.69) is 19.2 Å². The molecule has 0 aliphatic carbocycles. The van der Waals surface area contributed by atoms with Crippen molar-refractivity contribution in [2.75, 3.05) is 11.5 Å². The van der Waals surface area contributed by atoms with Crippen LogP contribution in [0.3, 0.4) is 0 Å². The van der Waals surface area contributed by atoms with Crippen LogP contribution < -0.4 is 0 Å². The maximum Gasteiger partial charge on any atom is 0.211 e. The molecule has 1 atom stereocenters. The van der Waals surface area contributed by atoms with Gasteiger partial charge in [-0.15, -0.1) is 0 Å². The third-order valence-corrected chi connectivity index (χ3v) is 3.81. The first-order valence-electron chi connectivity index (χ1n) is 4.23. The lowest BCUT2D eigenvalue weighted by Crippen LogP contribution is -2.03. The standard InChI is InChI=1S/C9H14O2S3/c1-2-9(11)14-5-3-4-8(12)6-13-7-10/h2,7-8,12H,1,3-6H2. The topological polar surface area (TPSA) is 34.1 Å². The summed E-state index contributed by atoms with van der Waals surface area (Å²) >= 11 is 6.83. The summed E-state index contributed by atoms with van der Waals surface area (Å²) in [5.74, 6) is 1.54. The largest absolute Gasteiger partial charge is 0.291 e. The summed E-state index contributed by atoms with van der Waals surface area (Å²) in [5, 5.41) is 0.257. The molecule has 0 rings (SSSR count). The first-order chi connectivity index (χ1) is 6.70. The smallest absolute Gasteiger partial charge is 0.211 e. The van der Waals surface area contributed by atoms with Crippen LogP contribution in [0.4, 0.5) is 0 Å². The second kappa shape index (κ2) is 9.68.